The van der Waals surface area contributed by atoms with Crippen LogP contribution in [0.5, 0.6) is 0 Å². The molecule has 2 rings (SSSR count). The van der Waals surface area contributed by atoms with Gasteiger partial charge in [-0.3, -0.25) is 0 Å². The molecule has 2 heteroatoms. The van der Waals surface area contributed by atoms with Gasteiger partial charge >= 0.3 is 39.0 Å². The summed E-state index contributed by atoms with van der Waals surface area (Å²) >= 11 is 0. The van der Waals surface area contributed by atoms with Crippen molar-refractivity contribution >= 4 is 0 Å². The molecule has 2 aliphatic rings. The summed E-state index contributed by atoms with van der Waals surface area (Å²) < 4.78 is 0. The van der Waals surface area contributed by atoms with E-state index in [1.807, 2.05) is 0 Å². The standard InChI is InChI=1S/2C7H14.2C7H16.4CH3.2Ru/c2*1-2-7-5-3-4-6-7;2*1-6(2)5-7(3)4;;;;;;/h2*7H,2-6H2,1H3;2*6-7H,5H2,1-4H3;4*1H3;;/q;;;;4*-1;2*+2. The minimum atomic E-state index is 0. The summed E-state index contributed by atoms with van der Waals surface area (Å²) in [6.07, 6.45) is 17.6. The summed E-state index contributed by atoms with van der Waals surface area (Å²) in [5.74, 6) is 5.69. The van der Waals surface area contributed by atoms with Gasteiger partial charge in [-0.1, -0.05) is 133 Å². The van der Waals surface area contributed by atoms with Crippen LogP contribution >= 0.6 is 0 Å². The van der Waals surface area contributed by atoms with Crippen LogP contribution < -0.4 is 0 Å². The molecular formula is C32H72Ru2. The van der Waals surface area contributed by atoms with E-state index in [2.05, 4.69) is 69.2 Å². The van der Waals surface area contributed by atoms with Gasteiger partial charge in [0.25, 0.3) is 0 Å². The molecule has 0 aromatic heterocycles. The zero-order chi connectivity index (χ0) is 21.9. The Bertz CT molecular complexity index is 243. The molecule has 0 atom stereocenters. The molecule has 0 bridgehead atoms. The summed E-state index contributed by atoms with van der Waals surface area (Å²) in [5.41, 5.74) is 0. The van der Waals surface area contributed by atoms with Crippen molar-refractivity contribution in [3.8, 4) is 0 Å². The molecule has 0 aromatic rings. The fourth-order valence-electron chi connectivity index (χ4n) is 4.72. The molecule has 0 saturated heterocycles. The monoisotopic (exact) mass is 660 g/mol. The zero-order valence-electron chi connectivity index (χ0n) is 26.7. The SMILES string of the molecule is CC(C)CC(C)C.CC(C)CC(C)C.CCC1CCCC1.CCC1CCCC1.[CH3-].[CH3-].[CH3-].[CH3-].[Ru+2].[Ru+2]. The summed E-state index contributed by atoms with van der Waals surface area (Å²) in [7, 11) is 0. The van der Waals surface area contributed by atoms with Gasteiger partial charge < -0.3 is 29.7 Å². The van der Waals surface area contributed by atoms with Crippen LogP contribution in [0.2, 0.25) is 0 Å². The van der Waals surface area contributed by atoms with Crippen LogP contribution in [-0.2, 0) is 39.0 Å². The van der Waals surface area contributed by atoms with E-state index >= 15 is 0 Å². The van der Waals surface area contributed by atoms with Gasteiger partial charge in [-0.25, -0.2) is 0 Å². The van der Waals surface area contributed by atoms with Gasteiger partial charge in [0.1, 0.15) is 0 Å². The third kappa shape index (κ3) is 46.6. The largest absolute Gasteiger partial charge is 2.00 e. The zero-order valence-corrected chi connectivity index (χ0v) is 30.1. The van der Waals surface area contributed by atoms with Gasteiger partial charge in [-0.15, -0.1) is 0 Å². The van der Waals surface area contributed by atoms with Crippen LogP contribution in [0.4, 0.5) is 0 Å². The topological polar surface area (TPSA) is 0 Å². The van der Waals surface area contributed by atoms with Crippen LogP contribution in [0.25, 0.3) is 0 Å². The molecule has 216 valence electrons. The van der Waals surface area contributed by atoms with E-state index in [-0.39, 0.29) is 68.7 Å². The van der Waals surface area contributed by atoms with Crippen LogP contribution in [-0.4, -0.2) is 0 Å². The molecule has 0 aromatic carbocycles. The first kappa shape index (κ1) is 55.7. The number of hydrogen-bond acceptors (Lipinski definition) is 0. The molecule has 0 unspecified atom stereocenters. The van der Waals surface area contributed by atoms with Crippen molar-refractivity contribution in [2.24, 2.45) is 35.5 Å². The fraction of sp³-hybridized carbons (Fsp3) is 0.875. The van der Waals surface area contributed by atoms with Crippen molar-refractivity contribution in [3.05, 3.63) is 29.7 Å². The number of hydrogen-bond donors (Lipinski definition) is 0. The molecule has 0 heterocycles. The van der Waals surface area contributed by atoms with Crippen LogP contribution in [0.3, 0.4) is 0 Å². The van der Waals surface area contributed by atoms with Crippen molar-refractivity contribution in [1.29, 1.82) is 0 Å². The van der Waals surface area contributed by atoms with Gasteiger partial charge in [0.05, 0.1) is 0 Å². The van der Waals surface area contributed by atoms with Crippen molar-refractivity contribution in [3.63, 3.8) is 0 Å². The predicted octanol–water partition coefficient (Wildman–Crippen LogP) is 12.3. The van der Waals surface area contributed by atoms with Gasteiger partial charge in [0, 0.05) is 0 Å². The van der Waals surface area contributed by atoms with Gasteiger partial charge in [-0.05, 0) is 48.3 Å². The predicted molar refractivity (Wildman–Crippen MR) is 159 cm³/mol. The third-order valence-electron chi connectivity index (χ3n) is 5.99. The molecule has 34 heavy (non-hydrogen) atoms. The molecule has 0 nitrogen and oxygen atoms in total. The second kappa shape index (κ2) is 38.8. The molecule has 0 amide bonds. The van der Waals surface area contributed by atoms with Crippen molar-refractivity contribution in [2.45, 2.75) is 146 Å². The summed E-state index contributed by atoms with van der Waals surface area (Å²) in [6.45, 7) is 22.7. The quantitative estimate of drug-likeness (QED) is 0.197. The van der Waals surface area contributed by atoms with Crippen LogP contribution in [0, 0.1) is 65.2 Å². The van der Waals surface area contributed by atoms with Gasteiger partial charge in [-0.2, -0.15) is 0 Å². The van der Waals surface area contributed by atoms with E-state index in [4.69, 9.17) is 0 Å². The molecule has 2 saturated carbocycles. The smallest absolute Gasteiger partial charge is 0.358 e. The van der Waals surface area contributed by atoms with E-state index in [1.54, 1.807) is 0 Å². The van der Waals surface area contributed by atoms with E-state index in [0.717, 1.165) is 35.5 Å². The maximum Gasteiger partial charge on any atom is 2.00 e. The molecular weight excluding hydrogens is 586 g/mol. The van der Waals surface area contributed by atoms with E-state index < -0.39 is 0 Å². The van der Waals surface area contributed by atoms with Gasteiger partial charge in [0.15, 0.2) is 0 Å². The molecule has 0 aliphatic heterocycles. The second-order valence-electron chi connectivity index (χ2n) is 11.2. The van der Waals surface area contributed by atoms with Crippen molar-refractivity contribution < 1.29 is 39.0 Å². The van der Waals surface area contributed by atoms with Crippen molar-refractivity contribution in [2.75, 3.05) is 0 Å². The molecule has 0 radical (unpaired) electrons. The average Bonchev–Trinajstić information content (AvgIpc) is 3.27. The molecule has 0 N–H and O–H groups in total. The molecule has 2 fully saturated rings. The first-order valence-electron chi connectivity index (χ1n) is 13.1. The summed E-state index contributed by atoms with van der Waals surface area (Å²) in [4.78, 5) is 0. The summed E-state index contributed by atoms with van der Waals surface area (Å²) in [6, 6.07) is 0. The Kier molecular flexibility index (Phi) is 63.5. The Morgan fingerprint density at radius 3 is 0.676 bits per heavy atom. The maximum absolute atomic E-state index is 2.30. The normalized spacial score (nSPS) is 14.3. The van der Waals surface area contributed by atoms with E-state index in [9.17, 15) is 0 Å². The van der Waals surface area contributed by atoms with Crippen molar-refractivity contribution in [1.82, 2.24) is 0 Å². The Morgan fingerprint density at radius 2 is 0.618 bits per heavy atom. The Morgan fingerprint density at radius 1 is 0.441 bits per heavy atom. The third-order valence-corrected chi connectivity index (χ3v) is 5.99. The first-order valence-corrected chi connectivity index (χ1v) is 13.1. The Hall–Kier alpha value is 1.25. The van der Waals surface area contributed by atoms with E-state index in [0.29, 0.717) is 0 Å². The maximum atomic E-state index is 2.30. The Labute approximate surface area is 249 Å². The van der Waals surface area contributed by atoms with Gasteiger partial charge in [0.2, 0.25) is 0 Å². The van der Waals surface area contributed by atoms with E-state index in [1.165, 1.54) is 77.0 Å². The average molecular weight is 659 g/mol. The van der Waals surface area contributed by atoms with Crippen LogP contribution in [0.15, 0.2) is 0 Å². The molecule has 2 aliphatic carbocycles. The van der Waals surface area contributed by atoms with Crippen LogP contribution in [0.1, 0.15) is 146 Å². The first-order chi connectivity index (χ1) is 13.1. The fourth-order valence-corrected chi connectivity index (χ4v) is 4.72. The summed E-state index contributed by atoms with van der Waals surface area (Å²) in [5, 5.41) is 0. The Balaban J connectivity index is -0.0000000417. The second-order valence-corrected chi connectivity index (χ2v) is 11.2. The molecule has 0 spiro atoms. The minimum Gasteiger partial charge on any atom is -0.358 e. The number of rotatable bonds is 6. The minimum absolute atomic E-state index is 0.